The number of hydrogen-bond donors (Lipinski definition) is 1. The van der Waals surface area contributed by atoms with Gasteiger partial charge in [0.25, 0.3) is 0 Å². The maximum absolute atomic E-state index is 5.44. The Hall–Kier alpha value is -1.06. The number of rotatable bonds is 6. The van der Waals surface area contributed by atoms with Crippen LogP contribution >= 0.6 is 0 Å². The number of anilines is 1. The quantitative estimate of drug-likeness (QED) is 0.862. The summed E-state index contributed by atoms with van der Waals surface area (Å²) in [5.74, 6) is 0. The van der Waals surface area contributed by atoms with Crippen molar-refractivity contribution in [1.82, 2.24) is 5.32 Å². The van der Waals surface area contributed by atoms with E-state index in [-0.39, 0.29) is 0 Å². The molecule has 1 unspecified atom stereocenters. The molecular formula is C17H28N2O. The molecule has 1 aliphatic rings. The van der Waals surface area contributed by atoms with Crippen molar-refractivity contribution in [3.8, 4) is 0 Å². The van der Waals surface area contributed by atoms with Gasteiger partial charge in [-0.25, -0.2) is 0 Å². The van der Waals surface area contributed by atoms with Gasteiger partial charge >= 0.3 is 0 Å². The first-order valence-corrected chi connectivity index (χ1v) is 7.90. The number of ether oxygens (including phenoxy) is 1. The van der Waals surface area contributed by atoms with Gasteiger partial charge in [-0.2, -0.15) is 0 Å². The van der Waals surface area contributed by atoms with Crippen LogP contribution in [0.2, 0.25) is 0 Å². The van der Waals surface area contributed by atoms with E-state index in [9.17, 15) is 0 Å². The van der Waals surface area contributed by atoms with Crippen molar-refractivity contribution in [3.63, 3.8) is 0 Å². The van der Waals surface area contributed by atoms with Crippen molar-refractivity contribution in [2.24, 2.45) is 0 Å². The van der Waals surface area contributed by atoms with Crippen LogP contribution in [-0.2, 0) is 4.74 Å². The van der Waals surface area contributed by atoms with Gasteiger partial charge in [-0.15, -0.1) is 0 Å². The van der Waals surface area contributed by atoms with Gasteiger partial charge in [0.1, 0.15) is 0 Å². The summed E-state index contributed by atoms with van der Waals surface area (Å²) in [5.41, 5.74) is 2.70. The molecule has 1 N–H and O–H groups in total. The smallest absolute Gasteiger partial charge is 0.0485 e. The van der Waals surface area contributed by atoms with Crippen molar-refractivity contribution in [2.45, 2.75) is 45.2 Å². The van der Waals surface area contributed by atoms with Gasteiger partial charge in [-0.05, 0) is 43.5 Å². The van der Waals surface area contributed by atoms with Gasteiger partial charge in [-0.1, -0.05) is 26.0 Å². The summed E-state index contributed by atoms with van der Waals surface area (Å²) >= 11 is 0. The minimum atomic E-state index is 0.474. The van der Waals surface area contributed by atoms with Crippen LogP contribution in [0, 0.1) is 0 Å². The number of hydrogen-bond acceptors (Lipinski definition) is 3. The third kappa shape index (κ3) is 3.74. The molecule has 0 aliphatic carbocycles. The summed E-state index contributed by atoms with van der Waals surface area (Å²) < 4.78 is 5.44. The Morgan fingerprint density at radius 2 is 1.85 bits per heavy atom. The van der Waals surface area contributed by atoms with E-state index in [1.165, 1.54) is 11.3 Å². The lowest BCUT2D eigenvalue weighted by Crippen LogP contribution is -2.36. The maximum Gasteiger partial charge on any atom is 0.0485 e. The fraction of sp³-hybridized carbons (Fsp3) is 0.647. The molecule has 1 aliphatic heterocycles. The van der Waals surface area contributed by atoms with Crippen LogP contribution in [0.3, 0.4) is 0 Å². The topological polar surface area (TPSA) is 24.5 Å². The third-order valence-corrected chi connectivity index (χ3v) is 4.30. The zero-order chi connectivity index (χ0) is 14.4. The number of benzene rings is 1. The predicted molar refractivity (Wildman–Crippen MR) is 85.4 cm³/mol. The van der Waals surface area contributed by atoms with Crippen LogP contribution in [0.5, 0.6) is 0 Å². The van der Waals surface area contributed by atoms with Crippen LogP contribution in [0.25, 0.3) is 0 Å². The third-order valence-electron chi connectivity index (χ3n) is 4.30. The van der Waals surface area contributed by atoms with E-state index in [1.54, 1.807) is 0 Å². The van der Waals surface area contributed by atoms with E-state index in [0.717, 1.165) is 39.0 Å². The van der Waals surface area contributed by atoms with E-state index in [0.29, 0.717) is 12.1 Å². The van der Waals surface area contributed by atoms with Crippen LogP contribution in [-0.4, -0.2) is 32.8 Å². The Kier molecular flexibility index (Phi) is 5.86. The van der Waals surface area contributed by atoms with Crippen LogP contribution < -0.4 is 10.2 Å². The first-order chi connectivity index (χ1) is 9.76. The van der Waals surface area contributed by atoms with Crippen molar-refractivity contribution < 1.29 is 4.74 Å². The van der Waals surface area contributed by atoms with Gasteiger partial charge in [0.05, 0.1) is 0 Å². The summed E-state index contributed by atoms with van der Waals surface area (Å²) in [5, 5.41) is 3.53. The minimum absolute atomic E-state index is 0.474. The molecular weight excluding hydrogens is 248 g/mol. The molecule has 0 aromatic heterocycles. The van der Waals surface area contributed by atoms with Crippen molar-refractivity contribution in [3.05, 3.63) is 29.8 Å². The summed E-state index contributed by atoms with van der Waals surface area (Å²) in [6.07, 6.45) is 3.39. The molecule has 0 amide bonds. The number of nitrogens with one attached hydrogen (secondary N) is 1. The molecule has 3 heteroatoms. The SMILES string of the molecule is CCNC(CC)c1ccc(N(C)C2CCOCC2)cc1. The molecule has 3 nitrogen and oxygen atoms in total. The molecule has 1 aromatic rings. The first-order valence-electron chi connectivity index (χ1n) is 7.90. The molecule has 1 saturated heterocycles. The fourth-order valence-corrected chi connectivity index (χ4v) is 2.97. The second-order valence-corrected chi connectivity index (χ2v) is 5.56. The zero-order valence-corrected chi connectivity index (χ0v) is 13.1. The molecule has 1 fully saturated rings. The molecule has 0 saturated carbocycles. The second-order valence-electron chi connectivity index (χ2n) is 5.56. The van der Waals surface area contributed by atoms with Gasteiger partial charge in [0.2, 0.25) is 0 Å². The zero-order valence-electron chi connectivity index (χ0n) is 13.1. The van der Waals surface area contributed by atoms with E-state index in [4.69, 9.17) is 4.74 Å². The highest BCUT2D eigenvalue weighted by molar-refractivity contribution is 5.48. The molecule has 1 heterocycles. The second kappa shape index (κ2) is 7.65. The lowest BCUT2D eigenvalue weighted by molar-refractivity contribution is 0.0855. The van der Waals surface area contributed by atoms with Crippen LogP contribution in [0.15, 0.2) is 24.3 Å². The largest absolute Gasteiger partial charge is 0.381 e. The van der Waals surface area contributed by atoms with E-state index < -0.39 is 0 Å². The Morgan fingerprint density at radius 3 is 2.40 bits per heavy atom. The summed E-state index contributed by atoms with van der Waals surface area (Å²) in [6.45, 7) is 7.20. The fourth-order valence-electron chi connectivity index (χ4n) is 2.97. The van der Waals surface area contributed by atoms with Gasteiger partial charge in [0, 0.05) is 38.0 Å². The molecule has 1 atom stereocenters. The molecule has 112 valence electrons. The van der Waals surface area contributed by atoms with Gasteiger partial charge in [0.15, 0.2) is 0 Å². The lowest BCUT2D eigenvalue weighted by Gasteiger charge is -2.33. The van der Waals surface area contributed by atoms with E-state index in [1.807, 2.05) is 0 Å². The summed E-state index contributed by atoms with van der Waals surface area (Å²) in [7, 11) is 2.20. The highest BCUT2D eigenvalue weighted by atomic mass is 16.5. The molecule has 0 spiro atoms. The molecule has 20 heavy (non-hydrogen) atoms. The Morgan fingerprint density at radius 1 is 1.20 bits per heavy atom. The number of nitrogens with zero attached hydrogens (tertiary/aromatic N) is 1. The lowest BCUT2D eigenvalue weighted by atomic mass is 10.0. The van der Waals surface area contributed by atoms with Crippen LogP contribution in [0.4, 0.5) is 5.69 Å². The van der Waals surface area contributed by atoms with Crippen LogP contribution in [0.1, 0.15) is 44.7 Å². The normalized spacial score (nSPS) is 17.9. The molecule has 1 aromatic carbocycles. The average molecular weight is 276 g/mol. The van der Waals surface area contributed by atoms with Gasteiger partial charge < -0.3 is 15.0 Å². The van der Waals surface area contributed by atoms with E-state index >= 15 is 0 Å². The minimum Gasteiger partial charge on any atom is -0.381 e. The molecule has 0 bridgehead atoms. The predicted octanol–water partition coefficient (Wildman–Crippen LogP) is 3.36. The summed E-state index contributed by atoms with van der Waals surface area (Å²) in [4.78, 5) is 2.40. The Bertz CT molecular complexity index is 384. The average Bonchev–Trinajstić information content (AvgIpc) is 2.53. The maximum atomic E-state index is 5.44. The first kappa shape index (κ1) is 15.3. The Balaban J connectivity index is 2.02. The van der Waals surface area contributed by atoms with Gasteiger partial charge in [-0.3, -0.25) is 0 Å². The van der Waals surface area contributed by atoms with E-state index in [2.05, 4.69) is 55.4 Å². The van der Waals surface area contributed by atoms with Crippen molar-refractivity contribution in [1.29, 1.82) is 0 Å². The highest BCUT2D eigenvalue weighted by Crippen LogP contribution is 2.24. The molecule has 2 rings (SSSR count). The summed E-state index contributed by atoms with van der Waals surface area (Å²) in [6, 6.07) is 10.1. The van der Waals surface area contributed by atoms with Crippen molar-refractivity contribution >= 4 is 5.69 Å². The standard InChI is InChI=1S/C17H28N2O/c1-4-17(18-5-2)14-6-8-15(9-7-14)19(3)16-10-12-20-13-11-16/h6-9,16-18H,4-5,10-13H2,1-3H3. The highest BCUT2D eigenvalue weighted by Gasteiger charge is 2.18. The Labute approximate surface area is 123 Å². The monoisotopic (exact) mass is 276 g/mol. The molecule has 0 radical (unpaired) electrons. The van der Waals surface area contributed by atoms with Crippen molar-refractivity contribution in [2.75, 3.05) is 31.7 Å².